The maximum atomic E-state index is 10.7. The Kier molecular flexibility index (Phi) is 5.61. The summed E-state index contributed by atoms with van der Waals surface area (Å²) in [5.41, 5.74) is 0.720. The monoisotopic (exact) mass is 168 g/mol. The van der Waals surface area contributed by atoms with Crippen LogP contribution in [0, 0.1) is 0 Å². The first kappa shape index (κ1) is 10.6. The predicted molar refractivity (Wildman–Crippen MR) is 45.6 cm³/mol. The minimum Gasteiger partial charge on any atom is -0.463 e. The molecule has 0 amide bonds. The van der Waals surface area contributed by atoms with E-state index in [1.54, 1.807) is 13.8 Å². The number of hydrogen-bond acceptors (Lipinski definition) is 3. The molecule has 3 heteroatoms. The Hall–Kier alpha value is -1.38. The molecule has 0 rings (SSSR count). The third-order valence-electron chi connectivity index (χ3n) is 1.10. The van der Waals surface area contributed by atoms with Crippen molar-refractivity contribution in [2.75, 3.05) is 6.61 Å². The number of allylic oxidation sites excluding steroid dienone is 3. The Bertz CT molecular complexity index is 214. The summed E-state index contributed by atoms with van der Waals surface area (Å²) in [6.45, 7) is 3.82. The second kappa shape index (κ2) is 6.34. The lowest BCUT2D eigenvalue weighted by Crippen LogP contribution is -1.98. The molecule has 0 atom stereocenters. The van der Waals surface area contributed by atoms with Crippen molar-refractivity contribution in [3.63, 3.8) is 0 Å². The molecule has 0 aromatic heterocycles. The highest BCUT2D eigenvalue weighted by Gasteiger charge is 1.91. The minimum absolute atomic E-state index is 0.361. The largest absolute Gasteiger partial charge is 0.463 e. The van der Waals surface area contributed by atoms with Crippen LogP contribution in [0.5, 0.6) is 0 Å². The van der Waals surface area contributed by atoms with Gasteiger partial charge in [-0.05, 0) is 25.5 Å². The van der Waals surface area contributed by atoms with Gasteiger partial charge in [-0.3, -0.25) is 4.79 Å². The van der Waals surface area contributed by atoms with Crippen LogP contribution < -0.4 is 0 Å². The van der Waals surface area contributed by atoms with Gasteiger partial charge in [0.1, 0.15) is 6.29 Å². The van der Waals surface area contributed by atoms with Crippen LogP contribution in [-0.2, 0) is 14.3 Å². The topological polar surface area (TPSA) is 43.4 Å². The van der Waals surface area contributed by atoms with Gasteiger partial charge in [0.15, 0.2) is 0 Å². The number of carbonyl (C=O) groups is 2. The molecule has 0 aliphatic carbocycles. The fourth-order valence-electron chi connectivity index (χ4n) is 0.553. The van der Waals surface area contributed by atoms with E-state index in [9.17, 15) is 9.59 Å². The Labute approximate surface area is 71.7 Å². The van der Waals surface area contributed by atoms with Crippen molar-refractivity contribution in [1.29, 1.82) is 0 Å². The molecule has 0 spiro atoms. The van der Waals surface area contributed by atoms with Gasteiger partial charge in [0.05, 0.1) is 6.61 Å². The quantitative estimate of drug-likeness (QED) is 0.274. The van der Waals surface area contributed by atoms with Crippen LogP contribution in [0.2, 0.25) is 0 Å². The first-order chi connectivity index (χ1) is 5.70. The van der Waals surface area contributed by atoms with Crippen LogP contribution in [0.25, 0.3) is 0 Å². The molecule has 0 unspecified atom stereocenters. The molecule has 0 aromatic carbocycles. The van der Waals surface area contributed by atoms with E-state index >= 15 is 0 Å². The van der Waals surface area contributed by atoms with Gasteiger partial charge in [0.25, 0.3) is 0 Å². The number of carbonyl (C=O) groups excluding carboxylic acids is 2. The lowest BCUT2D eigenvalue weighted by Gasteiger charge is -1.93. The highest BCUT2D eigenvalue weighted by Crippen LogP contribution is 1.93. The molecule has 0 fully saturated rings. The van der Waals surface area contributed by atoms with Crippen molar-refractivity contribution >= 4 is 12.3 Å². The summed E-state index contributed by atoms with van der Waals surface area (Å²) in [5, 5.41) is 0. The Balaban J connectivity index is 3.97. The molecule has 66 valence electrons. The molecule has 0 radical (unpaired) electrons. The molecule has 3 nitrogen and oxygen atoms in total. The summed E-state index contributed by atoms with van der Waals surface area (Å²) in [5.74, 6) is -0.392. The Morgan fingerprint density at radius 2 is 2.08 bits per heavy atom. The summed E-state index contributed by atoms with van der Waals surface area (Å²) in [4.78, 5) is 20.7. The second-order valence-electron chi connectivity index (χ2n) is 2.13. The lowest BCUT2D eigenvalue weighted by molar-refractivity contribution is -0.137. The van der Waals surface area contributed by atoms with E-state index in [0.29, 0.717) is 12.9 Å². The average molecular weight is 168 g/mol. The summed E-state index contributed by atoms with van der Waals surface area (Å²) < 4.78 is 4.63. The third-order valence-corrected chi connectivity index (χ3v) is 1.10. The van der Waals surface area contributed by atoms with Gasteiger partial charge in [0.2, 0.25) is 0 Å². The van der Waals surface area contributed by atoms with Crippen LogP contribution >= 0.6 is 0 Å². The number of ether oxygens (including phenoxy) is 1. The molecule has 0 bridgehead atoms. The van der Waals surface area contributed by atoms with E-state index in [1.807, 2.05) is 0 Å². The van der Waals surface area contributed by atoms with E-state index < -0.39 is 5.97 Å². The highest BCUT2D eigenvalue weighted by atomic mass is 16.5. The van der Waals surface area contributed by atoms with Crippen molar-refractivity contribution in [3.8, 4) is 0 Å². The SMILES string of the molecule is CCOC(=O)/C=C/C(C)=C/C=O. The van der Waals surface area contributed by atoms with E-state index in [1.165, 1.54) is 18.2 Å². The molecular formula is C9H12O3. The van der Waals surface area contributed by atoms with Crippen molar-refractivity contribution in [1.82, 2.24) is 0 Å². The summed E-state index contributed by atoms with van der Waals surface area (Å²) >= 11 is 0. The number of esters is 1. The van der Waals surface area contributed by atoms with Crippen LogP contribution in [0.15, 0.2) is 23.8 Å². The van der Waals surface area contributed by atoms with E-state index in [4.69, 9.17) is 0 Å². The van der Waals surface area contributed by atoms with Gasteiger partial charge >= 0.3 is 5.97 Å². The van der Waals surface area contributed by atoms with Gasteiger partial charge in [-0.25, -0.2) is 4.79 Å². The first-order valence-electron chi connectivity index (χ1n) is 3.67. The molecular weight excluding hydrogens is 156 g/mol. The summed E-state index contributed by atoms with van der Waals surface area (Å²) in [6, 6.07) is 0. The fraction of sp³-hybridized carbons (Fsp3) is 0.333. The maximum Gasteiger partial charge on any atom is 0.330 e. The molecule has 0 aliphatic heterocycles. The zero-order valence-electron chi connectivity index (χ0n) is 7.24. The van der Waals surface area contributed by atoms with E-state index in [0.717, 1.165) is 5.57 Å². The van der Waals surface area contributed by atoms with Crippen molar-refractivity contribution in [2.24, 2.45) is 0 Å². The molecule has 0 aliphatic rings. The van der Waals surface area contributed by atoms with Crippen LogP contribution in [0.4, 0.5) is 0 Å². The highest BCUT2D eigenvalue weighted by molar-refractivity contribution is 5.82. The van der Waals surface area contributed by atoms with Crippen molar-refractivity contribution in [2.45, 2.75) is 13.8 Å². The number of rotatable bonds is 4. The molecule has 0 saturated carbocycles. The predicted octanol–water partition coefficient (Wildman–Crippen LogP) is 1.25. The van der Waals surface area contributed by atoms with Gasteiger partial charge in [-0.2, -0.15) is 0 Å². The van der Waals surface area contributed by atoms with E-state index in [-0.39, 0.29) is 0 Å². The van der Waals surface area contributed by atoms with E-state index in [2.05, 4.69) is 4.74 Å². The van der Waals surface area contributed by atoms with Crippen molar-refractivity contribution in [3.05, 3.63) is 23.8 Å². The van der Waals surface area contributed by atoms with Crippen LogP contribution in [-0.4, -0.2) is 18.9 Å². The maximum absolute atomic E-state index is 10.7. The fourth-order valence-corrected chi connectivity index (χ4v) is 0.553. The summed E-state index contributed by atoms with van der Waals surface area (Å²) in [7, 11) is 0. The zero-order valence-corrected chi connectivity index (χ0v) is 7.24. The second-order valence-corrected chi connectivity index (χ2v) is 2.13. The normalized spacial score (nSPS) is 11.7. The third kappa shape index (κ3) is 5.41. The zero-order chi connectivity index (χ0) is 9.40. The Morgan fingerprint density at radius 1 is 1.42 bits per heavy atom. The molecule has 0 aromatic rings. The summed E-state index contributed by atoms with van der Waals surface area (Å²) in [6.07, 6.45) is 4.87. The number of aldehydes is 1. The average Bonchev–Trinajstić information content (AvgIpc) is 2.02. The molecule has 12 heavy (non-hydrogen) atoms. The molecule has 0 N–H and O–H groups in total. The van der Waals surface area contributed by atoms with Gasteiger partial charge in [-0.15, -0.1) is 0 Å². The molecule has 0 saturated heterocycles. The molecule has 0 heterocycles. The van der Waals surface area contributed by atoms with Gasteiger partial charge < -0.3 is 4.74 Å². The Morgan fingerprint density at radius 3 is 2.58 bits per heavy atom. The van der Waals surface area contributed by atoms with Gasteiger partial charge in [-0.1, -0.05) is 6.08 Å². The standard InChI is InChI=1S/C9H12O3/c1-3-12-9(11)5-4-8(2)6-7-10/h4-7H,3H2,1-2H3/b5-4+,8-6+. The van der Waals surface area contributed by atoms with Crippen LogP contribution in [0.3, 0.4) is 0 Å². The smallest absolute Gasteiger partial charge is 0.330 e. The minimum atomic E-state index is -0.392. The van der Waals surface area contributed by atoms with Gasteiger partial charge in [0, 0.05) is 6.08 Å². The number of hydrogen-bond donors (Lipinski definition) is 0. The van der Waals surface area contributed by atoms with Crippen LogP contribution in [0.1, 0.15) is 13.8 Å². The van der Waals surface area contributed by atoms with Crippen molar-refractivity contribution < 1.29 is 14.3 Å². The lowest BCUT2D eigenvalue weighted by atomic mass is 10.2. The first-order valence-corrected chi connectivity index (χ1v) is 3.67.